The Hall–Kier alpha value is -1.68. The highest BCUT2D eigenvalue weighted by Gasteiger charge is 2.23. The van der Waals surface area contributed by atoms with Gasteiger partial charge in [-0.05, 0) is 48.9 Å². The van der Waals surface area contributed by atoms with E-state index in [2.05, 4.69) is 51.7 Å². The zero-order valence-electron chi connectivity index (χ0n) is 14.1. The summed E-state index contributed by atoms with van der Waals surface area (Å²) < 4.78 is 1.04. The van der Waals surface area contributed by atoms with Crippen LogP contribution in [0.4, 0.5) is 5.00 Å². The van der Waals surface area contributed by atoms with Crippen LogP contribution in [0.5, 0.6) is 0 Å². The zero-order valence-corrected chi connectivity index (χ0v) is 16.5. The average molecular weight is 418 g/mol. The van der Waals surface area contributed by atoms with E-state index in [0.717, 1.165) is 41.3 Å². The molecule has 0 saturated carbocycles. The number of aryl methyl sites for hydroxylation is 1. The van der Waals surface area contributed by atoms with E-state index in [1.165, 1.54) is 4.88 Å². The van der Waals surface area contributed by atoms with Gasteiger partial charge in [-0.25, -0.2) is 0 Å². The molecule has 0 spiro atoms. The largest absolute Gasteiger partial charge is 0.315 e. The molecule has 1 aromatic carbocycles. The summed E-state index contributed by atoms with van der Waals surface area (Å²) in [7, 11) is 0. The molecule has 0 saturated heterocycles. The molecule has 0 radical (unpaired) electrons. The molecule has 25 heavy (non-hydrogen) atoms. The van der Waals surface area contributed by atoms with Crippen molar-refractivity contribution in [2.24, 2.45) is 0 Å². The molecule has 1 heterocycles. The number of hydrogen-bond donors (Lipinski definition) is 2. The molecule has 1 aliphatic rings. The Morgan fingerprint density at radius 1 is 1.36 bits per heavy atom. The Balaban J connectivity index is 1.61. The van der Waals surface area contributed by atoms with Crippen LogP contribution in [0, 0.1) is 11.3 Å². The van der Waals surface area contributed by atoms with E-state index < -0.39 is 0 Å². The number of fused-ring (bicyclic) bond motifs is 1. The van der Waals surface area contributed by atoms with Crippen molar-refractivity contribution in [3.63, 3.8) is 0 Å². The molecule has 3 rings (SSSR count). The monoisotopic (exact) mass is 417 g/mol. The van der Waals surface area contributed by atoms with Gasteiger partial charge in [0.2, 0.25) is 5.91 Å². The third kappa shape index (κ3) is 4.12. The van der Waals surface area contributed by atoms with E-state index in [0.29, 0.717) is 10.6 Å². The number of nitriles is 1. The number of halogens is 1. The van der Waals surface area contributed by atoms with Crippen LogP contribution in [-0.4, -0.2) is 12.5 Å². The van der Waals surface area contributed by atoms with Crippen molar-refractivity contribution >= 4 is 38.2 Å². The molecule has 6 heteroatoms. The van der Waals surface area contributed by atoms with Gasteiger partial charge in [0, 0.05) is 15.4 Å². The zero-order chi connectivity index (χ0) is 17.8. The molecule has 0 fully saturated rings. The van der Waals surface area contributed by atoms with Crippen LogP contribution in [0.15, 0.2) is 28.7 Å². The van der Waals surface area contributed by atoms with E-state index >= 15 is 0 Å². The van der Waals surface area contributed by atoms with Gasteiger partial charge in [0.15, 0.2) is 0 Å². The van der Waals surface area contributed by atoms with Gasteiger partial charge in [-0.3, -0.25) is 4.79 Å². The second-order valence-corrected chi connectivity index (χ2v) is 8.14. The lowest BCUT2D eigenvalue weighted by molar-refractivity contribution is -0.115. The molecular formula is C19H20BrN3OS. The van der Waals surface area contributed by atoms with E-state index in [4.69, 9.17) is 0 Å². The number of amides is 1. The standard InChI is InChI=1S/C19H20BrN3OS/c1-2-16(12-6-8-13(20)9-7-12)22-11-18(24)23-19-15(10-21)14-4-3-5-17(14)25-19/h6-9,16,22H,2-5,11H2,1H3,(H,23,24). The van der Waals surface area contributed by atoms with Gasteiger partial charge >= 0.3 is 0 Å². The molecule has 1 unspecified atom stereocenters. The molecule has 1 aliphatic carbocycles. The molecule has 1 aromatic heterocycles. The SMILES string of the molecule is CCC(NCC(=O)Nc1sc2c(c1C#N)CCC2)c1ccc(Br)cc1. The highest BCUT2D eigenvalue weighted by molar-refractivity contribution is 9.10. The summed E-state index contributed by atoms with van der Waals surface area (Å²) in [4.78, 5) is 13.6. The minimum atomic E-state index is -0.105. The van der Waals surface area contributed by atoms with Crippen LogP contribution < -0.4 is 10.6 Å². The predicted octanol–water partition coefficient (Wildman–Crippen LogP) is 4.55. The van der Waals surface area contributed by atoms with Crippen molar-refractivity contribution in [1.82, 2.24) is 5.32 Å². The minimum Gasteiger partial charge on any atom is -0.315 e. The highest BCUT2D eigenvalue weighted by atomic mass is 79.9. The molecule has 1 amide bonds. The summed E-state index contributed by atoms with van der Waals surface area (Å²) in [5.41, 5.74) is 2.95. The summed E-state index contributed by atoms with van der Waals surface area (Å²) in [5, 5.41) is 16.3. The van der Waals surface area contributed by atoms with Crippen molar-refractivity contribution in [2.75, 3.05) is 11.9 Å². The number of carbonyl (C=O) groups is 1. The third-order valence-electron chi connectivity index (χ3n) is 4.48. The summed E-state index contributed by atoms with van der Waals surface area (Å²) in [5.74, 6) is -0.105. The van der Waals surface area contributed by atoms with Gasteiger partial charge in [0.25, 0.3) is 0 Å². The summed E-state index contributed by atoms with van der Waals surface area (Å²) in [6, 6.07) is 10.5. The van der Waals surface area contributed by atoms with Crippen LogP contribution in [0.3, 0.4) is 0 Å². The second-order valence-electron chi connectivity index (χ2n) is 6.11. The Bertz CT molecular complexity index is 807. The van der Waals surface area contributed by atoms with Crippen molar-refractivity contribution in [1.29, 1.82) is 5.26 Å². The number of rotatable bonds is 6. The predicted molar refractivity (Wildman–Crippen MR) is 105 cm³/mol. The topological polar surface area (TPSA) is 64.9 Å². The lowest BCUT2D eigenvalue weighted by atomic mass is 10.0. The molecule has 4 nitrogen and oxygen atoms in total. The van der Waals surface area contributed by atoms with Gasteiger partial charge in [0.05, 0.1) is 12.1 Å². The van der Waals surface area contributed by atoms with Crippen molar-refractivity contribution < 1.29 is 4.79 Å². The van der Waals surface area contributed by atoms with Crippen LogP contribution in [0.1, 0.15) is 47.4 Å². The normalized spacial score (nSPS) is 14.0. The fourth-order valence-corrected chi connectivity index (χ4v) is 4.71. The molecule has 2 N–H and O–H groups in total. The summed E-state index contributed by atoms with van der Waals surface area (Å²) in [6.45, 7) is 2.32. The Kier molecular flexibility index (Phi) is 5.89. The average Bonchev–Trinajstić information content (AvgIpc) is 3.17. The number of anilines is 1. The Morgan fingerprint density at radius 3 is 2.80 bits per heavy atom. The minimum absolute atomic E-state index is 0.105. The van der Waals surface area contributed by atoms with E-state index in [9.17, 15) is 10.1 Å². The van der Waals surface area contributed by atoms with Gasteiger partial charge in [-0.2, -0.15) is 5.26 Å². The molecule has 130 valence electrons. The first-order valence-electron chi connectivity index (χ1n) is 8.45. The van der Waals surface area contributed by atoms with Gasteiger partial charge in [-0.1, -0.05) is 35.0 Å². The quantitative estimate of drug-likeness (QED) is 0.724. The van der Waals surface area contributed by atoms with Crippen molar-refractivity contribution in [3.8, 4) is 6.07 Å². The number of thiophene rings is 1. The number of nitrogens with zero attached hydrogens (tertiary/aromatic N) is 1. The van der Waals surface area contributed by atoms with E-state index in [1.54, 1.807) is 11.3 Å². The van der Waals surface area contributed by atoms with Crippen molar-refractivity contribution in [2.45, 2.75) is 38.6 Å². The molecule has 0 aliphatic heterocycles. The van der Waals surface area contributed by atoms with Crippen molar-refractivity contribution in [3.05, 3.63) is 50.3 Å². The molecular weight excluding hydrogens is 398 g/mol. The third-order valence-corrected chi connectivity index (χ3v) is 6.21. The summed E-state index contributed by atoms with van der Waals surface area (Å²) in [6.07, 6.45) is 3.97. The number of carbonyl (C=O) groups excluding carboxylic acids is 1. The highest BCUT2D eigenvalue weighted by Crippen LogP contribution is 2.38. The fourth-order valence-electron chi connectivity index (χ4n) is 3.19. The first-order valence-corrected chi connectivity index (χ1v) is 10.1. The van der Waals surface area contributed by atoms with E-state index in [1.807, 2.05) is 12.1 Å². The van der Waals surface area contributed by atoms with Gasteiger partial charge in [-0.15, -0.1) is 11.3 Å². The molecule has 0 bridgehead atoms. The van der Waals surface area contributed by atoms with Crippen LogP contribution in [-0.2, 0) is 17.6 Å². The fraction of sp³-hybridized carbons (Fsp3) is 0.368. The van der Waals surface area contributed by atoms with Crippen LogP contribution in [0.2, 0.25) is 0 Å². The molecule has 1 atom stereocenters. The number of hydrogen-bond acceptors (Lipinski definition) is 4. The van der Waals surface area contributed by atoms with Gasteiger partial charge in [0.1, 0.15) is 11.1 Å². The molecule has 2 aromatic rings. The first kappa shape index (κ1) is 18.1. The van der Waals surface area contributed by atoms with Gasteiger partial charge < -0.3 is 10.6 Å². The maximum absolute atomic E-state index is 12.3. The number of nitrogens with one attached hydrogen (secondary N) is 2. The van der Waals surface area contributed by atoms with E-state index in [-0.39, 0.29) is 18.5 Å². The number of benzene rings is 1. The maximum atomic E-state index is 12.3. The van der Waals surface area contributed by atoms with Crippen LogP contribution in [0.25, 0.3) is 0 Å². The maximum Gasteiger partial charge on any atom is 0.238 e. The van der Waals surface area contributed by atoms with Crippen LogP contribution >= 0.6 is 27.3 Å². The Labute approximate surface area is 160 Å². The first-order chi connectivity index (χ1) is 12.1. The lowest BCUT2D eigenvalue weighted by Crippen LogP contribution is -2.31. The smallest absolute Gasteiger partial charge is 0.238 e. The Morgan fingerprint density at radius 2 is 2.12 bits per heavy atom. The second kappa shape index (κ2) is 8.13. The lowest BCUT2D eigenvalue weighted by Gasteiger charge is -2.17. The summed E-state index contributed by atoms with van der Waals surface area (Å²) >= 11 is 4.99.